The zero-order valence-electron chi connectivity index (χ0n) is 7.47. The number of nitrogens with one attached hydrogen (secondary N) is 1. The van der Waals surface area contributed by atoms with Crippen LogP contribution in [0.5, 0.6) is 5.75 Å². The van der Waals surface area contributed by atoms with Crippen LogP contribution in [0.15, 0.2) is 23.0 Å². The molecule has 0 aliphatic heterocycles. The number of fused-ring (bicyclic) bond motifs is 1. The number of aryl methyl sites for hydroxylation is 1. The summed E-state index contributed by atoms with van der Waals surface area (Å²) in [7, 11) is 0. The number of hydrogen-bond donors (Lipinski definition) is 2. The summed E-state index contributed by atoms with van der Waals surface area (Å²) in [5.74, 6) is -0.250. The lowest BCUT2D eigenvalue weighted by atomic mass is 10.2. The predicted octanol–water partition coefficient (Wildman–Crippen LogP) is 2.20. The summed E-state index contributed by atoms with van der Waals surface area (Å²) in [6.45, 7) is 1.64. The molecule has 1 aromatic heterocycles. The van der Waals surface area contributed by atoms with Gasteiger partial charge in [0.15, 0.2) is 5.75 Å². The molecule has 4 heteroatoms. The molecule has 0 saturated carbocycles. The molecule has 0 unspecified atom stereocenters. The first-order chi connectivity index (χ1) is 6.59. The molecular weight excluding hydrogens is 202 g/mol. The third-order valence-electron chi connectivity index (χ3n) is 2.12. The summed E-state index contributed by atoms with van der Waals surface area (Å²) in [5, 5.41) is 10.3. The molecule has 0 saturated heterocycles. The minimum atomic E-state index is -0.390. The van der Waals surface area contributed by atoms with Crippen LogP contribution in [-0.2, 0) is 0 Å². The molecule has 3 nitrogen and oxygen atoms in total. The van der Waals surface area contributed by atoms with Crippen LogP contribution in [0.4, 0.5) is 0 Å². The lowest BCUT2D eigenvalue weighted by Crippen LogP contribution is -2.04. The van der Waals surface area contributed by atoms with Crippen LogP contribution in [0, 0.1) is 6.92 Å². The summed E-state index contributed by atoms with van der Waals surface area (Å²) in [6, 6.07) is 4.94. The summed E-state index contributed by atoms with van der Waals surface area (Å²) in [4.78, 5) is 14.5. The average Bonchev–Trinajstić information content (AvgIpc) is 2.16. The minimum Gasteiger partial charge on any atom is -0.503 e. The Labute approximate surface area is 85.0 Å². The van der Waals surface area contributed by atoms with E-state index < -0.39 is 5.43 Å². The molecule has 72 valence electrons. The molecule has 0 bridgehead atoms. The summed E-state index contributed by atoms with van der Waals surface area (Å²) >= 11 is 5.75. The van der Waals surface area contributed by atoms with E-state index >= 15 is 0 Å². The first-order valence-corrected chi connectivity index (χ1v) is 4.48. The van der Waals surface area contributed by atoms with Gasteiger partial charge in [-0.05, 0) is 25.1 Å². The number of H-pyrrole nitrogens is 1. The fourth-order valence-corrected chi connectivity index (χ4v) is 1.54. The Balaban J connectivity index is 2.99. The van der Waals surface area contributed by atoms with Crippen LogP contribution in [-0.4, -0.2) is 10.1 Å². The average molecular weight is 210 g/mol. The minimum absolute atomic E-state index is 0.250. The van der Waals surface area contributed by atoms with Crippen molar-refractivity contribution in [2.75, 3.05) is 0 Å². The molecule has 0 aliphatic rings. The fourth-order valence-electron chi connectivity index (χ4n) is 1.37. The first kappa shape index (κ1) is 9.09. The lowest BCUT2D eigenvalue weighted by Gasteiger charge is -2.02. The van der Waals surface area contributed by atoms with Crippen molar-refractivity contribution in [2.24, 2.45) is 0 Å². The Bertz CT molecular complexity index is 560. The van der Waals surface area contributed by atoms with Gasteiger partial charge in [-0.3, -0.25) is 4.79 Å². The third-order valence-corrected chi connectivity index (χ3v) is 2.35. The van der Waals surface area contributed by atoms with Gasteiger partial charge < -0.3 is 10.1 Å². The molecule has 2 aromatic rings. The molecule has 2 rings (SSSR count). The second kappa shape index (κ2) is 3.03. The van der Waals surface area contributed by atoms with Gasteiger partial charge in [-0.2, -0.15) is 0 Å². The Kier molecular flexibility index (Phi) is 1.97. The van der Waals surface area contributed by atoms with Crippen LogP contribution < -0.4 is 5.43 Å². The molecule has 0 radical (unpaired) electrons. The normalized spacial score (nSPS) is 10.7. The first-order valence-electron chi connectivity index (χ1n) is 4.10. The van der Waals surface area contributed by atoms with E-state index in [4.69, 9.17) is 11.6 Å². The zero-order valence-corrected chi connectivity index (χ0v) is 8.22. The largest absolute Gasteiger partial charge is 0.503 e. The third kappa shape index (κ3) is 1.26. The van der Waals surface area contributed by atoms with Gasteiger partial charge in [0.05, 0.1) is 11.1 Å². The van der Waals surface area contributed by atoms with E-state index in [-0.39, 0.29) is 5.75 Å². The van der Waals surface area contributed by atoms with E-state index in [9.17, 15) is 9.90 Å². The number of aromatic amines is 1. The lowest BCUT2D eigenvalue weighted by molar-refractivity contribution is 0.464. The van der Waals surface area contributed by atoms with Crippen LogP contribution in [0.25, 0.3) is 10.9 Å². The van der Waals surface area contributed by atoms with Crippen LogP contribution in [0.3, 0.4) is 0 Å². The second-order valence-corrected chi connectivity index (χ2v) is 3.55. The van der Waals surface area contributed by atoms with Crippen molar-refractivity contribution in [3.8, 4) is 5.75 Å². The van der Waals surface area contributed by atoms with E-state index in [0.29, 0.717) is 21.6 Å². The zero-order chi connectivity index (χ0) is 10.3. The number of rotatable bonds is 0. The highest BCUT2D eigenvalue weighted by Crippen LogP contribution is 2.18. The van der Waals surface area contributed by atoms with Crippen LogP contribution in [0.2, 0.25) is 5.02 Å². The molecule has 1 heterocycles. The number of benzene rings is 1. The molecule has 0 amide bonds. The monoisotopic (exact) mass is 209 g/mol. The van der Waals surface area contributed by atoms with Gasteiger partial charge in [0.25, 0.3) is 0 Å². The number of aromatic nitrogens is 1. The Morgan fingerprint density at radius 2 is 2.14 bits per heavy atom. The number of hydrogen-bond acceptors (Lipinski definition) is 2. The summed E-state index contributed by atoms with van der Waals surface area (Å²) in [5.41, 5.74) is 0.748. The summed E-state index contributed by atoms with van der Waals surface area (Å²) < 4.78 is 0. The molecular formula is C10H8ClNO2. The van der Waals surface area contributed by atoms with Gasteiger partial charge in [0.2, 0.25) is 5.43 Å². The predicted molar refractivity (Wildman–Crippen MR) is 56.0 cm³/mol. The van der Waals surface area contributed by atoms with Crippen molar-refractivity contribution >= 4 is 22.5 Å². The van der Waals surface area contributed by atoms with E-state index in [2.05, 4.69) is 4.98 Å². The quantitative estimate of drug-likeness (QED) is 0.699. The molecule has 1 aromatic carbocycles. The SMILES string of the molecule is Cc1[nH]c2ccc(Cl)cc2c(=O)c1O. The van der Waals surface area contributed by atoms with Gasteiger partial charge in [-0.1, -0.05) is 11.6 Å². The van der Waals surface area contributed by atoms with E-state index in [0.717, 1.165) is 0 Å². The Hall–Kier alpha value is -1.48. The molecule has 14 heavy (non-hydrogen) atoms. The molecule has 0 spiro atoms. The van der Waals surface area contributed by atoms with E-state index in [1.165, 1.54) is 6.07 Å². The highest BCUT2D eigenvalue weighted by Gasteiger charge is 2.07. The fraction of sp³-hybridized carbons (Fsp3) is 0.100. The van der Waals surface area contributed by atoms with E-state index in [1.807, 2.05) is 0 Å². The maximum atomic E-state index is 11.6. The van der Waals surface area contributed by atoms with Crippen LogP contribution in [0.1, 0.15) is 5.69 Å². The van der Waals surface area contributed by atoms with Crippen LogP contribution >= 0.6 is 11.6 Å². The second-order valence-electron chi connectivity index (χ2n) is 3.12. The highest BCUT2D eigenvalue weighted by atomic mass is 35.5. The maximum Gasteiger partial charge on any atom is 0.231 e. The Morgan fingerprint density at radius 1 is 1.43 bits per heavy atom. The van der Waals surface area contributed by atoms with Gasteiger partial charge >= 0.3 is 0 Å². The van der Waals surface area contributed by atoms with Gasteiger partial charge in [0, 0.05) is 10.5 Å². The van der Waals surface area contributed by atoms with Crippen molar-refractivity contribution in [2.45, 2.75) is 6.92 Å². The van der Waals surface area contributed by atoms with Crippen molar-refractivity contribution in [3.63, 3.8) is 0 Å². The summed E-state index contributed by atoms with van der Waals surface area (Å²) in [6.07, 6.45) is 0. The standard InChI is InChI=1S/C10H8ClNO2/c1-5-9(13)10(14)7-4-6(11)2-3-8(7)12-5/h2-4,13H,1H3,(H,12,14). The van der Waals surface area contributed by atoms with E-state index in [1.54, 1.807) is 19.1 Å². The molecule has 0 fully saturated rings. The highest BCUT2D eigenvalue weighted by molar-refractivity contribution is 6.31. The molecule has 2 N–H and O–H groups in total. The van der Waals surface area contributed by atoms with Crippen molar-refractivity contribution in [1.29, 1.82) is 0 Å². The maximum absolute atomic E-state index is 11.6. The smallest absolute Gasteiger partial charge is 0.231 e. The number of aromatic hydroxyl groups is 1. The van der Waals surface area contributed by atoms with Crippen molar-refractivity contribution < 1.29 is 5.11 Å². The number of pyridine rings is 1. The van der Waals surface area contributed by atoms with Gasteiger partial charge in [-0.15, -0.1) is 0 Å². The Morgan fingerprint density at radius 3 is 2.86 bits per heavy atom. The van der Waals surface area contributed by atoms with Crippen molar-refractivity contribution in [1.82, 2.24) is 4.98 Å². The molecule has 0 atom stereocenters. The molecule has 0 aliphatic carbocycles. The van der Waals surface area contributed by atoms with Gasteiger partial charge in [-0.25, -0.2) is 0 Å². The van der Waals surface area contributed by atoms with Crippen molar-refractivity contribution in [3.05, 3.63) is 39.1 Å². The van der Waals surface area contributed by atoms with Gasteiger partial charge in [0.1, 0.15) is 0 Å². The number of halogens is 1. The topological polar surface area (TPSA) is 53.1 Å².